The van der Waals surface area contributed by atoms with E-state index in [2.05, 4.69) is 25.6 Å². The molecule has 4 heterocycles. The molecule has 1 saturated heterocycles. The van der Waals surface area contributed by atoms with E-state index in [9.17, 15) is 13.6 Å². The van der Waals surface area contributed by atoms with Gasteiger partial charge in [-0.3, -0.25) is 14.6 Å². The average molecular weight is 468 g/mol. The second-order valence-electron chi connectivity index (χ2n) is 9.81. The lowest BCUT2D eigenvalue weighted by Gasteiger charge is -2.21. The normalized spacial score (nSPS) is 24.3. The first-order chi connectivity index (χ1) is 16.2. The third-order valence-corrected chi connectivity index (χ3v) is 7.65. The van der Waals surface area contributed by atoms with E-state index in [0.29, 0.717) is 30.9 Å². The zero-order valence-corrected chi connectivity index (χ0v) is 19.4. The molecule has 3 aromatic rings. The van der Waals surface area contributed by atoms with Gasteiger partial charge < -0.3 is 10.2 Å². The number of aromatic amines is 1. The number of H-pyrrole nitrogens is 1. The fourth-order valence-corrected chi connectivity index (χ4v) is 5.49. The van der Waals surface area contributed by atoms with Crippen molar-refractivity contribution in [2.45, 2.75) is 52.1 Å². The standard InChI is InChI=1S/C24H27F2N7O/c1-12-15(4-7-21(27-12)32-10-18-19(11-32)24(18,25)26)8-33-9-17(14(3)31-33)23(34)28-20-6-5-16-13(2)29-30-22(16)20/h4,7,9,18-20H,5-6,8,10-11H2,1-3H3,(H,28,34)(H,29,30). The van der Waals surface area contributed by atoms with Crippen molar-refractivity contribution in [3.8, 4) is 0 Å². The van der Waals surface area contributed by atoms with Crippen molar-refractivity contribution >= 4 is 11.7 Å². The summed E-state index contributed by atoms with van der Waals surface area (Å²) in [6, 6.07) is 3.76. The van der Waals surface area contributed by atoms with Gasteiger partial charge in [-0.1, -0.05) is 6.07 Å². The molecule has 0 radical (unpaired) electrons. The van der Waals surface area contributed by atoms with Gasteiger partial charge in [-0.25, -0.2) is 13.8 Å². The van der Waals surface area contributed by atoms with E-state index in [1.54, 1.807) is 10.9 Å². The zero-order chi connectivity index (χ0) is 23.8. The molecule has 2 N–H and O–H groups in total. The third-order valence-electron chi connectivity index (χ3n) is 7.65. The van der Waals surface area contributed by atoms with Gasteiger partial charge in [0, 0.05) is 30.7 Å². The van der Waals surface area contributed by atoms with Crippen LogP contribution in [0.15, 0.2) is 18.3 Å². The van der Waals surface area contributed by atoms with Crippen LogP contribution in [0, 0.1) is 32.6 Å². The van der Waals surface area contributed by atoms with E-state index >= 15 is 0 Å². The lowest BCUT2D eigenvalue weighted by Crippen LogP contribution is -2.28. The number of aryl methyl sites for hydroxylation is 3. The highest BCUT2D eigenvalue weighted by molar-refractivity contribution is 5.95. The number of anilines is 1. The molecule has 2 aliphatic carbocycles. The molecule has 8 nitrogen and oxygen atoms in total. The summed E-state index contributed by atoms with van der Waals surface area (Å²) >= 11 is 0. The fraction of sp³-hybridized carbons (Fsp3) is 0.500. The maximum atomic E-state index is 13.5. The van der Waals surface area contributed by atoms with Crippen LogP contribution in [0.5, 0.6) is 0 Å². The van der Waals surface area contributed by atoms with E-state index in [-0.39, 0.29) is 11.9 Å². The maximum absolute atomic E-state index is 13.5. The van der Waals surface area contributed by atoms with Gasteiger partial charge in [0.15, 0.2) is 0 Å². The number of carbonyl (C=O) groups is 1. The van der Waals surface area contributed by atoms with Crippen LogP contribution in [0.2, 0.25) is 0 Å². The molecule has 0 bridgehead atoms. The second kappa shape index (κ2) is 7.35. The zero-order valence-electron chi connectivity index (χ0n) is 19.4. The Balaban J connectivity index is 1.13. The SMILES string of the molecule is Cc1nc(N2CC3C(C2)C3(F)F)ccc1Cn1cc(C(=O)NC2CCc3c2n[nH]c3C)c(C)n1. The number of rotatable bonds is 5. The first-order valence-electron chi connectivity index (χ1n) is 11.7. The number of amides is 1. The Bertz CT molecular complexity index is 1280. The van der Waals surface area contributed by atoms with Gasteiger partial charge in [0.1, 0.15) is 5.82 Å². The van der Waals surface area contributed by atoms with Crippen molar-refractivity contribution in [2.75, 3.05) is 18.0 Å². The summed E-state index contributed by atoms with van der Waals surface area (Å²) < 4.78 is 28.7. The van der Waals surface area contributed by atoms with Gasteiger partial charge in [0.05, 0.1) is 41.4 Å². The van der Waals surface area contributed by atoms with E-state index in [4.69, 9.17) is 0 Å². The first-order valence-corrected chi connectivity index (χ1v) is 11.7. The van der Waals surface area contributed by atoms with Crippen LogP contribution in [0.3, 0.4) is 0 Å². The monoisotopic (exact) mass is 467 g/mol. The lowest BCUT2D eigenvalue weighted by molar-refractivity contribution is 0.0796. The summed E-state index contributed by atoms with van der Waals surface area (Å²) in [5.74, 6) is -2.97. The Kier molecular flexibility index (Phi) is 4.59. The predicted octanol–water partition coefficient (Wildman–Crippen LogP) is 3.09. The number of piperidine rings is 1. The highest BCUT2D eigenvalue weighted by Crippen LogP contribution is 2.59. The Morgan fingerprint density at radius 1 is 1.21 bits per heavy atom. The first kappa shape index (κ1) is 21.2. The number of hydrogen-bond acceptors (Lipinski definition) is 5. The highest BCUT2D eigenvalue weighted by Gasteiger charge is 2.71. The number of halogens is 2. The molecule has 3 aliphatic rings. The van der Waals surface area contributed by atoms with Crippen LogP contribution in [0.25, 0.3) is 0 Å². The summed E-state index contributed by atoms with van der Waals surface area (Å²) in [6.07, 6.45) is 3.52. The predicted molar refractivity (Wildman–Crippen MR) is 121 cm³/mol. The number of nitrogens with zero attached hydrogens (tertiary/aromatic N) is 5. The van der Waals surface area contributed by atoms with E-state index in [1.807, 2.05) is 37.8 Å². The quantitative estimate of drug-likeness (QED) is 0.602. The molecule has 6 rings (SSSR count). The number of pyridine rings is 1. The van der Waals surface area contributed by atoms with Crippen molar-refractivity contribution in [3.63, 3.8) is 0 Å². The summed E-state index contributed by atoms with van der Waals surface area (Å²) in [5.41, 5.74) is 6.19. The fourth-order valence-electron chi connectivity index (χ4n) is 5.49. The molecule has 1 aliphatic heterocycles. The molecule has 2 fully saturated rings. The van der Waals surface area contributed by atoms with Gasteiger partial charge in [-0.15, -0.1) is 0 Å². The molecule has 0 aromatic carbocycles. The lowest BCUT2D eigenvalue weighted by atomic mass is 10.2. The summed E-state index contributed by atoms with van der Waals surface area (Å²) in [5, 5.41) is 15.0. The summed E-state index contributed by atoms with van der Waals surface area (Å²) in [4.78, 5) is 19.6. The molecule has 178 valence electrons. The van der Waals surface area contributed by atoms with Gasteiger partial charge >= 0.3 is 0 Å². The van der Waals surface area contributed by atoms with Gasteiger partial charge in [0.25, 0.3) is 11.8 Å². The van der Waals surface area contributed by atoms with Gasteiger partial charge in [-0.05, 0) is 50.8 Å². The van der Waals surface area contributed by atoms with E-state index in [0.717, 1.165) is 41.3 Å². The van der Waals surface area contributed by atoms with Crippen LogP contribution in [-0.4, -0.2) is 49.9 Å². The molecular formula is C24H27F2N7O. The Morgan fingerprint density at radius 3 is 2.71 bits per heavy atom. The molecule has 3 unspecified atom stereocenters. The number of alkyl halides is 2. The van der Waals surface area contributed by atoms with Gasteiger partial charge in [0.2, 0.25) is 0 Å². The molecule has 10 heteroatoms. The topological polar surface area (TPSA) is 91.7 Å². The molecule has 3 aromatic heterocycles. The molecule has 34 heavy (non-hydrogen) atoms. The second-order valence-corrected chi connectivity index (χ2v) is 9.81. The minimum Gasteiger partial charge on any atom is -0.356 e. The van der Waals surface area contributed by atoms with E-state index < -0.39 is 17.8 Å². The molecule has 3 atom stereocenters. The number of fused-ring (bicyclic) bond motifs is 2. The van der Waals surface area contributed by atoms with Crippen molar-refractivity contribution in [1.29, 1.82) is 0 Å². The maximum Gasteiger partial charge on any atom is 0.258 e. The number of hydrogen-bond donors (Lipinski definition) is 2. The molecule has 1 saturated carbocycles. The Labute approximate surface area is 195 Å². The minimum absolute atomic E-state index is 0.0919. The van der Waals surface area contributed by atoms with Gasteiger partial charge in [-0.2, -0.15) is 10.2 Å². The number of carbonyl (C=O) groups excluding carboxylic acids is 1. The summed E-state index contributed by atoms with van der Waals surface area (Å²) in [6.45, 7) is 6.94. The third kappa shape index (κ3) is 3.30. The van der Waals surface area contributed by atoms with Crippen LogP contribution >= 0.6 is 0 Å². The Morgan fingerprint density at radius 2 is 1.97 bits per heavy atom. The molecule has 0 spiro atoms. The number of nitrogens with one attached hydrogen (secondary N) is 2. The number of aromatic nitrogens is 5. The van der Waals surface area contributed by atoms with Crippen LogP contribution in [-0.2, 0) is 13.0 Å². The summed E-state index contributed by atoms with van der Waals surface area (Å²) in [7, 11) is 0. The van der Waals surface area contributed by atoms with E-state index in [1.165, 1.54) is 5.56 Å². The van der Waals surface area contributed by atoms with Crippen molar-refractivity contribution < 1.29 is 13.6 Å². The van der Waals surface area contributed by atoms with Crippen LogP contribution < -0.4 is 10.2 Å². The van der Waals surface area contributed by atoms with Crippen molar-refractivity contribution in [1.82, 2.24) is 30.3 Å². The van der Waals surface area contributed by atoms with Crippen molar-refractivity contribution in [2.24, 2.45) is 11.8 Å². The minimum atomic E-state index is -2.50. The van der Waals surface area contributed by atoms with Crippen LogP contribution in [0.4, 0.5) is 14.6 Å². The average Bonchev–Trinajstić information content (AvgIpc) is 3.39. The molecule has 1 amide bonds. The molecular weight excluding hydrogens is 440 g/mol. The largest absolute Gasteiger partial charge is 0.356 e. The highest BCUT2D eigenvalue weighted by atomic mass is 19.3. The Hall–Kier alpha value is -3.30. The van der Waals surface area contributed by atoms with Crippen LogP contribution in [0.1, 0.15) is 56.7 Å². The van der Waals surface area contributed by atoms with Crippen molar-refractivity contribution in [3.05, 3.63) is 57.8 Å². The smallest absolute Gasteiger partial charge is 0.258 e.